The van der Waals surface area contributed by atoms with Crippen LogP contribution >= 0.6 is 0 Å². The number of ether oxygens (including phenoxy) is 1. The number of nitrogens with zero attached hydrogens (tertiary/aromatic N) is 1. The number of amides is 1. The molecule has 1 aliphatic heterocycles. The van der Waals surface area contributed by atoms with Gasteiger partial charge in [-0.05, 0) is 57.7 Å². The van der Waals surface area contributed by atoms with Crippen LogP contribution in [0.15, 0.2) is 24.3 Å². The van der Waals surface area contributed by atoms with E-state index in [1.165, 1.54) is 12.8 Å². The van der Waals surface area contributed by atoms with Crippen molar-refractivity contribution in [1.82, 2.24) is 10.2 Å². The van der Waals surface area contributed by atoms with Gasteiger partial charge in [0.15, 0.2) is 0 Å². The molecule has 3 rings (SSSR count). The molecule has 1 amide bonds. The summed E-state index contributed by atoms with van der Waals surface area (Å²) in [6, 6.07) is 8.08. The van der Waals surface area contributed by atoms with Gasteiger partial charge in [0.25, 0.3) is 5.91 Å². The van der Waals surface area contributed by atoms with Crippen LogP contribution in [-0.4, -0.2) is 48.3 Å². The third-order valence-corrected chi connectivity index (χ3v) is 5.39. The molecule has 1 heterocycles. The van der Waals surface area contributed by atoms with Crippen LogP contribution in [0.2, 0.25) is 0 Å². The molecule has 0 spiro atoms. The maximum absolute atomic E-state index is 12.5. The van der Waals surface area contributed by atoms with Crippen molar-refractivity contribution < 1.29 is 14.6 Å². The maximum atomic E-state index is 12.5. The van der Waals surface area contributed by atoms with Gasteiger partial charge in [-0.15, -0.1) is 0 Å². The zero-order chi connectivity index (χ0) is 17.0. The molecule has 1 saturated heterocycles. The molecule has 1 atom stereocenters. The van der Waals surface area contributed by atoms with Gasteiger partial charge in [-0.25, -0.2) is 0 Å². The van der Waals surface area contributed by atoms with Crippen molar-refractivity contribution in [3.8, 4) is 5.75 Å². The first kappa shape index (κ1) is 17.2. The molecule has 1 aliphatic carbocycles. The number of carbonyl (C=O) groups is 1. The van der Waals surface area contributed by atoms with Crippen molar-refractivity contribution in [2.24, 2.45) is 0 Å². The van der Waals surface area contributed by atoms with Gasteiger partial charge in [-0.2, -0.15) is 0 Å². The Hall–Kier alpha value is -1.59. The van der Waals surface area contributed by atoms with Crippen molar-refractivity contribution in [2.75, 3.05) is 26.7 Å². The molecule has 0 bridgehead atoms. The van der Waals surface area contributed by atoms with E-state index in [-0.39, 0.29) is 11.9 Å². The second-order valence-corrected chi connectivity index (χ2v) is 6.95. The Morgan fingerprint density at radius 2 is 1.92 bits per heavy atom. The first-order valence-corrected chi connectivity index (χ1v) is 9.02. The third kappa shape index (κ3) is 3.57. The van der Waals surface area contributed by atoms with E-state index in [1.807, 2.05) is 18.2 Å². The second-order valence-electron chi connectivity index (χ2n) is 6.95. The summed E-state index contributed by atoms with van der Waals surface area (Å²) >= 11 is 0. The zero-order valence-corrected chi connectivity index (χ0v) is 14.5. The minimum Gasteiger partial charge on any atom is -0.496 e. The lowest BCUT2D eigenvalue weighted by Crippen LogP contribution is -2.47. The van der Waals surface area contributed by atoms with Gasteiger partial charge in [0.05, 0.1) is 13.2 Å². The lowest BCUT2D eigenvalue weighted by molar-refractivity contribution is -0.139. The number of para-hydroxylation sites is 1. The number of aliphatic hydroxyl groups is 1. The summed E-state index contributed by atoms with van der Waals surface area (Å²) in [6.07, 6.45) is 5.36. The molecule has 1 aromatic rings. The predicted molar refractivity (Wildman–Crippen MR) is 93.0 cm³/mol. The number of hydrogen-bond acceptors (Lipinski definition) is 4. The topological polar surface area (TPSA) is 61.8 Å². The SMILES string of the molecule is COc1ccccc1C(CNC(=O)C1(O)CCCC1)N1CCCC1. The van der Waals surface area contributed by atoms with Gasteiger partial charge >= 0.3 is 0 Å². The average Bonchev–Trinajstić information content (AvgIpc) is 3.28. The van der Waals surface area contributed by atoms with Gasteiger partial charge in [0, 0.05) is 12.1 Å². The molecular formula is C19H28N2O3. The summed E-state index contributed by atoms with van der Waals surface area (Å²) in [5.74, 6) is 0.627. The molecule has 1 unspecified atom stereocenters. The normalized spacial score (nSPS) is 21.6. The molecule has 5 nitrogen and oxygen atoms in total. The highest BCUT2D eigenvalue weighted by atomic mass is 16.5. The van der Waals surface area contributed by atoms with E-state index in [0.29, 0.717) is 19.4 Å². The number of rotatable bonds is 6. The predicted octanol–water partition coefficient (Wildman–Crippen LogP) is 2.25. The molecule has 0 aromatic heterocycles. The Labute approximate surface area is 144 Å². The summed E-state index contributed by atoms with van der Waals surface area (Å²) in [4.78, 5) is 14.9. The van der Waals surface area contributed by atoms with E-state index in [2.05, 4.69) is 16.3 Å². The first-order chi connectivity index (χ1) is 11.6. The van der Waals surface area contributed by atoms with Gasteiger partial charge in [-0.3, -0.25) is 9.69 Å². The van der Waals surface area contributed by atoms with Crippen LogP contribution in [0.1, 0.15) is 50.1 Å². The smallest absolute Gasteiger partial charge is 0.252 e. The van der Waals surface area contributed by atoms with Crippen molar-refractivity contribution in [3.05, 3.63) is 29.8 Å². The summed E-state index contributed by atoms with van der Waals surface area (Å²) in [7, 11) is 1.68. The van der Waals surface area contributed by atoms with Gasteiger partial charge in [-0.1, -0.05) is 18.2 Å². The lowest BCUT2D eigenvalue weighted by Gasteiger charge is -2.30. The Bertz CT molecular complexity index is 563. The summed E-state index contributed by atoms with van der Waals surface area (Å²) in [5, 5.41) is 13.5. The van der Waals surface area contributed by atoms with Gasteiger partial charge in [0.2, 0.25) is 0 Å². The van der Waals surface area contributed by atoms with Crippen LogP contribution in [0.3, 0.4) is 0 Å². The molecule has 132 valence electrons. The van der Waals surface area contributed by atoms with E-state index in [1.54, 1.807) is 7.11 Å². The fourth-order valence-electron chi connectivity index (χ4n) is 3.97. The van der Waals surface area contributed by atoms with Crippen LogP contribution in [0.25, 0.3) is 0 Å². The molecule has 1 aromatic carbocycles. The van der Waals surface area contributed by atoms with E-state index in [4.69, 9.17) is 4.74 Å². The number of hydrogen-bond donors (Lipinski definition) is 2. The van der Waals surface area contributed by atoms with E-state index in [0.717, 1.165) is 37.2 Å². The number of benzene rings is 1. The van der Waals surface area contributed by atoms with Crippen molar-refractivity contribution in [1.29, 1.82) is 0 Å². The van der Waals surface area contributed by atoms with Crippen LogP contribution in [-0.2, 0) is 4.79 Å². The van der Waals surface area contributed by atoms with Crippen LogP contribution < -0.4 is 10.1 Å². The minimum absolute atomic E-state index is 0.0811. The fourth-order valence-corrected chi connectivity index (χ4v) is 3.97. The highest BCUT2D eigenvalue weighted by Gasteiger charge is 2.39. The van der Waals surface area contributed by atoms with Crippen LogP contribution in [0.4, 0.5) is 0 Å². The second kappa shape index (κ2) is 7.53. The fraction of sp³-hybridized carbons (Fsp3) is 0.632. The summed E-state index contributed by atoms with van der Waals surface area (Å²) < 4.78 is 5.52. The quantitative estimate of drug-likeness (QED) is 0.839. The largest absolute Gasteiger partial charge is 0.496 e. The van der Waals surface area contributed by atoms with Gasteiger partial charge < -0.3 is 15.2 Å². The van der Waals surface area contributed by atoms with E-state index < -0.39 is 5.60 Å². The monoisotopic (exact) mass is 332 g/mol. The Morgan fingerprint density at radius 3 is 2.58 bits per heavy atom. The van der Waals surface area contributed by atoms with Crippen LogP contribution in [0, 0.1) is 0 Å². The summed E-state index contributed by atoms with van der Waals surface area (Å²) in [6.45, 7) is 2.56. The maximum Gasteiger partial charge on any atom is 0.252 e. The van der Waals surface area contributed by atoms with Crippen molar-refractivity contribution in [2.45, 2.75) is 50.2 Å². The number of carbonyl (C=O) groups excluding carboxylic acids is 1. The number of nitrogens with one attached hydrogen (secondary N) is 1. The molecule has 2 aliphatic rings. The zero-order valence-electron chi connectivity index (χ0n) is 14.5. The molecule has 2 N–H and O–H groups in total. The average molecular weight is 332 g/mol. The van der Waals surface area contributed by atoms with Crippen molar-refractivity contribution >= 4 is 5.91 Å². The Balaban J connectivity index is 1.74. The standard InChI is InChI=1S/C19H28N2O3/c1-24-17-9-3-2-8-15(17)16(21-12-6-7-13-21)14-20-18(22)19(23)10-4-5-11-19/h2-3,8-9,16,23H,4-7,10-14H2,1H3,(H,20,22). The Kier molecular flexibility index (Phi) is 5.41. The molecule has 2 fully saturated rings. The highest BCUT2D eigenvalue weighted by molar-refractivity contribution is 5.85. The van der Waals surface area contributed by atoms with E-state index in [9.17, 15) is 9.90 Å². The number of likely N-dealkylation sites (tertiary alicyclic amines) is 1. The Morgan fingerprint density at radius 1 is 1.25 bits per heavy atom. The minimum atomic E-state index is -1.17. The van der Waals surface area contributed by atoms with Gasteiger partial charge in [0.1, 0.15) is 11.4 Å². The molecule has 24 heavy (non-hydrogen) atoms. The van der Waals surface area contributed by atoms with Crippen LogP contribution in [0.5, 0.6) is 5.75 Å². The lowest BCUT2D eigenvalue weighted by atomic mass is 10.00. The first-order valence-electron chi connectivity index (χ1n) is 9.02. The third-order valence-electron chi connectivity index (χ3n) is 5.39. The number of methoxy groups -OCH3 is 1. The molecule has 5 heteroatoms. The highest BCUT2D eigenvalue weighted by Crippen LogP contribution is 2.32. The molecule has 0 radical (unpaired) electrons. The molecular weight excluding hydrogens is 304 g/mol. The summed E-state index contributed by atoms with van der Waals surface area (Å²) in [5.41, 5.74) is -0.0725. The molecule has 1 saturated carbocycles. The van der Waals surface area contributed by atoms with Crippen molar-refractivity contribution in [3.63, 3.8) is 0 Å². The van der Waals surface area contributed by atoms with E-state index >= 15 is 0 Å².